The lowest BCUT2D eigenvalue weighted by molar-refractivity contribution is 0.0984. The van der Waals surface area contributed by atoms with E-state index in [9.17, 15) is 4.79 Å². The van der Waals surface area contributed by atoms with E-state index < -0.39 is 0 Å². The lowest BCUT2D eigenvalue weighted by Gasteiger charge is -2.34. The van der Waals surface area contributed by atoms with Crippen molar-refractivity contribution in [2.45, 2.75) is 6.92 Å². The van der Waals surface area contributed by atoms with E-state index in [0.717, 1.165) is 39.3 Å². The molecule has 0 unspecified atom stereocenters. The maximum Gasteiger partial charge on any atom is 0.163 e. The number of rotatable bonds is 7. The molecule has 1 heterocycles. The molecule has 1 saturated heterocycles. The summed E-state index contributed by atoms with van der Waals surface area (Å²) in [4.78, 5) is 16.1. The van der Waals surface area contributed by atoms with Gasteiger partial charge in [-0.1, -0.05) is 12.1 Å². The Labute approximate surface area is 126 Å². The molecule has 116 valence electrons. The minimum absolute atomic E-state index is 0.0308. The highest BCUT2D eigenvalue weighted by molar-refractivity contribution is 5.96. The predicted octanol–water partition coefficient (Wildman–Crippen LogP) is 0.878. The van der Waals surface area contributed by atoms with E-state index in [0.29, 0.717) is 17.9 Å². The summed E-state index contributed by atoms with van der Waals surface area (Å²) < 4.78 is 5.76. The minimum atomic E-state index is 0.0308. The molecule has 0 atom stereocenters. The van der Waals surface area contributed by atoms with Crippen molar-refractivity contribution in [1.29, 1.82) is 0 Å². The van der Waals surface area contributed by atoms with Crippen molar-refractivity contribution < 1.29 is 14.6 Å². The number of hydrogen-bond acceptors (Lipinski definition) is 5. The molecule has 2 rings (SSSR count). The summed E-state index contributed by atoms with van der Waals surface area (Å²) in [5, 5.41) is 8.92. The standard InChI is InChI=1S/C16H24N2O3/c1-14(20)15-4-2-3-5-16(15)21-13-11-18-8-6-17(7-9-18)10-12-19/h2-5,19H,6-13H2,1H3. The SMILES string of the molecule is CC(=O)c1ccccc1OCCN1CCN(CCO)CC1. The van der Waals surface area contributed by atoms with Crippen molar-refractivity contribution in [2.24, 2.45) is 0 Å². The van der Waals surface area contributed by atoms with Gasteiger partial charge in [0, 0.05) is 39.3 Å². The summed E-state index contributed by atoms with van der Waals surface area (Å²) in [6.45, 7) is 7.97. The summed E-state index contributed by atoms with van der Waals surface area (Å²) in [5.41, 5.74) is 0.644. The third-order valence-corrected chi connectivity index (χ3v) is 3.81. The molecule has 21 heavy (non-hydrogen) atoms. The molecule has 0 saturated carbocycles. The summed E-state index contributed by atoms with van der Waals surface area (Å²) >= 11 is 0. The quantitative estimate of drug-likeness (QED) is 0.756. The van der Waals surface area contributed by atoms with Gasteiger partial charge < -0.3 is 9.84 Å². The molecule has 0 radical (unpaired) electrons. The van der Waals surface area contributed by atoms with Crippen molar-refractivity contribution in [3.63, 3.8) is 0 Å². The molecule has 0 aromatic heterocycles. The van der Waals surface area contributed by atoms with E-state index in [-0.39, 0.29) is 12.4 Å². The number of Topliss-reactive ketones (excluding diaryl/α,β-unsaturated/α-hetero) is 1. The van der Waals surface area contributed by atoms with E-state index in [4.69, 9.17) is 9.84 Å². The molecule has 1 aromatic rings. The van der Waals surface area contributed by atoms with Gasteiger partial charge in [-0.15, -0.1) is 0 Å². The fourth-order valence-corrected chi connectivity index (χ4v) is 2.55. The van der Waals surface area contributed by atoms with Gasteiger partial charge in [0.1, 0.15) is 12.4 Å². The number of hydrogen-bond donors (Lipinski definition) is 1. The first-order valence-corrected chi connectivity index (χ1v) is 7.49. The van der Waals surface area contributed by atoms with Gasteiger partial charge in [-0.3, -0.25) is 14.6 Å². The Morgan fingerprint density at radius 1 is 1.14 bits per heavy atom. The first kappa shape index (κ1) is 15.9. The highest BCUT2D eigenvalue weighted by Crippen LogP contribution is 2.18. The number of aliphatic hydroxyl groups is 1. The Hall–Kier alpha value is -1.43. The van der Waals surface area contributed by atoms with E-state index >= 15 is 0 Å². The highest BCUT2D eigenvalue weighted by atomic mass is 16.5. The fourth-order valence-electron chi connectivity index (χ4n) is 2.55. The van der Waals surface area contributed by atoms with Crippen LogP contribution in [0.4, 0.5) is 0 Å². The largest absolute Gasteiger partial charge is 0.491 e. The van der Waals surface area contributed by atoms with Crippen LogP contribution in [0.25, 0.3) is 0 Å². The average Bonchev–Trinajstić information content (AvgIpc) is 2.50. The van der Waals surface area contributed by atoms with Crippen molar-refractivity contribution in [3.8, 4) is 5.75 Å². The van der Waals surface area contributed by atoms with Gasteiger partial charge in [0.05, 0.1) is 12.2 Å². The predicted molar refractivity (Wildman–Crippen MR) is 81.9 cm³/mol. The van der Waals surface area contributed by atoms with Crippen LogP contribution in [-0.4, -0.2) is 73.2 Å². The Kier molecular flexibility index (Phi) is 6.17. The zero-order valence-electron chi connectivity index (χ0n) is 12.6. The molecule has 0 bridgehead atoms. The number of carbonyl (C=O) groups is 1. The maximum absolute atomic E-state index is 11.5. The molecule has 5 heteroatoms. The number of β-amino-alcohol motifs (C(OH)–C–C–N with tert-alkyl or cyclic N) is 1. The van der Waals surface area contributed by atoms with Crippen LogP contribution in [-0.2, 0) is 0 Å². The summed E-state index contributed by atoms with van der Waals surface area (Å²) in [5.74, 6) is 0.701. The van der Waals surface area contributed by atoms with Crippen LogP contribution in [0.15, 0.2) is 24.3 Å². The molecule has 0 aliphatic carbocycles. The third kappa shape index (κ3) is 4.81. The third-order valence-electron chi connectivity index (χ3n) is 3.81. The lowest BCUT2D eigenvalue weighted by Crippen LogP contribution is -2.48. The van der Waals surface area contributed by atoms with Gasteiger partial charge in [0.15, 0.2) is 5.78 Å². The molecule has 1 N–H and O–H groups in total. The second-order valence-corrected chi connectivity index (χ2v) is 5.31. The second kappa shape index (κ2) is 8.12. The number of benzene rings is 1. The molecule has 1 aliphatic heterocycles. The zero-order chi connectivity index (χ0) is 15.1. The highest BCUT2D eigenvalue weighted by Gasteiger charge is 2.16. The smallest absolute Gasteiger partial charge is 0.163 e. The Morgan fingerprint density at radius 2 is 1.76 bits per heavy atom. The first-order valence-electron chi connectivity index (χ1n) is 7.49. The summed E-state index contributed by atoms with van der Waals surface area (Å²) in [6.07, 6.45) is 0. The Bertz CT molecular complexity index is 457. The van der Waals surface area contributed by atoms with Crippen LogP contribution in [0, 0.1) is 0 Å². The van der Waals surface area contributed by atoms with Crippen LogP contribution in [0.1, 0.15) is 17.3 Å². The zero-order valence-corrected chi connectivity index (χ0v) is 12.6. The van der Waals surface area contributed by atoms with Gasteiger partial charge in [-0.2, -0.15) is 0 Å². The number of carbonyl (C=O) groups excluding carboxylic acids is 1. The Balaban J connectivity index is 1.74. The maximum atomic E-state index is 11.5. The van der Waals surface area contributed by atoms with Crippen molar-refractivity contribution >= 4 is 5.78 Å². The van der Waals surface area contributed by atoms with E-state index in [1.54, 1.807) is 13.0 Å². The van der Waals surface area contributed by atoms with Gasteiger partial charge >= 0.3 is 0 Å². The first-order chi connectivity index (χ1) is 10.2. The van der Waals surface area contributed by atoms with Crippen LogP contribution >= 0.6 is 0 Å². The van der Waals surface area contributed by atoms with E-state index in [1.807, 2.05) is 18.2 Å². The second-order valence-electron chi connectivity index (χ2n) is 5.31. The molecular weight excluding hydrogens is 268 g/mol. The Morgan fingerprint density at radius 3 is 2.38 bits per heavy atom. The van der Waals surface area contributed by atoms with Crippen molar-refractivity contribution in [1.82, 2.24) is 9.80 Å². The molecule has 1 fully saturated rings. The fraction of sp³-hybridized carbons (Fsp3) is 0.562. The van der Waals surface area contributed by atoms with Crippen LogP contribution < -0.4 is 4.74 Å². The van der Waals surface area contributed by atoms with Crippen molar-refractivity contribution in [2.75, 3.05) is 52.5 Å². The number of aliphatic hydroxyl groups excluding tert-OH is 1. The van der Waals surface area contributed by atoms with Gasteiger partial charge in [-0.25, -0.2) is 0 Å². The monoisotopic (exact) mass is 292 g/mol. The lowest BCUT2D eigenvalue weighted by atomic mass is 10.1. The van der Waals surface area contributed by atoms with Gasteiger partial charge in [0.25, 0.3) is 0 Å². The number of nitrogens with zero attached hydrogens (tertiary/aromatic N) is 2. The number of piperazine rings is 1. The molecule has 0 spiro atoms. The van der Waals surface area contributed by atoms with E-state index in [2.05, 4.69) is 9.80 Å². The molecule has 1 aliphatic rings. The summed E-state index contributed by atoms with van der Waals surface area (Å²) in [7, 11) is 0. The number of ketones is 1. The minimum Gasteiger partial charge on any atom is -0.491 e. The summed E-state index contributed by atoms with van der Waals surface area (Å²) in [6, 6.07) is 7.38. The molecular formula is C16H24N2O3. The van der Waals surface area contributed by atoms with Crippen molar-refractivity contribution in [3.05, 3.63) is 29.8 Å². The topological polar surface area (TPSA) is 53.0 Å². The molecule has 0 amide bonds. The van der Waals surface area contributed by atoms with Crippen LogP contribution in [0.5, 0.6) is 5.75 Å². The van der Waals surface area contributed by atoms with Gasteiger partial charge in [0.2, 0.25) is 0 Å². The van der Waals surface area contributed by atoms with Crippen LogP contribution in [0.2, 0.25) is 0 Å². The molecule has 1 aromatic carbocycles. The number of para-hydroxylation sites is 1. The normalized spacial score (nSPS) is 16.9. The van der Waals surface area contributed by atoms with E-state index in [1.165, 1.54) is 0 Å². The van der Waals surface area contributed by atoms with Gasteiger partial charge in [-0.05, 0) is 19.1 Å². The average molecular weight is 292 g/mol. The number of ether oxygens (including phenoxy) is 1. The molecule has 5 nitrogen and oxygen atoms in total. The van der Waals surface area contributed by atoms with Crippen LogP contribution in [0.3, 0.4) is 0 Å².